The highest BCUT2D eigenvalue weighted by Crippen LogP contribution is 2.38. The number of rotatable bonds is 4. The number of para-hydroxylation sites is 2. The van der Waals surface area contributed by atoms with Gasteiger partial charge in [-0.25, -0.2) is 0 Å². The van der Waals surface area contributed by atoms with Crippen LogP contribution in [0.3, 0.4) is 0 Å². The summed E-state index contributed by atoms with van der Waals surface area (Å²) in [5.41, 5.74) is 4.63. The Labute approximate surface area is 130 Å². The van der Waals surface area contributed by atoms with Gasteiger partial charge in [-0.1, -0.05) is 36.4 Å². The van der Waals surface area contributed by atoms with Crippen LogP contribution in [-0.2, 0) is 6.42 Å². The maximum atomic E-state index is 7.49. The Morgan fingerprint density at radius 2 is 1.60 bits per heavy atom. The number of hydrogen-bond acceptors (Lipinski definition) is 2. The Morgan fingerprint density at radius 3 is 2.20 bits per heavy atom. The van der Waals surface area contributed by atoms with Crippen molar-refractivity contribution in [3.8, 4) is 0 Å². The third kappa shape index (κ3) is 2.56. The molecule has 20 heavy (non-hydrogen) atoms. The van der Waals surface area contributed by atoms with Crippen LogP contribution in [0.2, 0.25) is 0 Å². The van der Waals surface area contributed by atoms with Gasteiger partial charge in [-0.3, -0.25) is 0 Å². The standard InChI is InChI=1S/C18H22N2/c1-19(2)12-7-13-20-17-10-5-3-8-15(17)14-16-9-4-6-11-18(16)20/h3-6,8-11H,7,12-14H2,1-2H3/i1D3,2D3. The second-order valence-corrected chi connectivity index (χ2v) is 5.09. The van der Waals surface area contributed by atoms with Crippen molar-refractivity contribution in [3.05, 3.63) is 59.7 Å². The first-order valence-electron chi connectivity index (χ1n) is 9.89. The van der Waals surface area contributed by atoms with Gasteiger partial charge in [-0.15, -0.1) is 0 Å². The van der Waals surface area contributed by atoms with Crippen LogP contribution in [0.15, 0.2) is 48.5 Å². The molecule has 0 unspecified atom stereocenters. The summed E-state index contributed by atoms with van der Waals surface area (Å²) in [5.74, 6) is 0. The predicted molar refractivity (Wildman–Crippen MR) is 85.9 cm³/mol. The second kappa shape index (κ2) is 5.68. The van der Waals surface area contributed by atoms with Crippen LogP contribution in [0.5, 0.6) is 0 Å². The van der Waals surface area contributed by atoms with Crippen LogP contribution in [0.25, 0.3) is 0 Å². The first kappa shape index (κ1) is 7.84. The Hall–Kier alpha value is -1.80. The summed E-state index contributed by atoms with van der Waals surface area (Å²) in [7, 11) is 0. The molecule has 104 valence electrons. The molecule has 2 aromatic carbocycles. The summed E-state index contributed by atoms with van der Waals surface area (Å²) in [4.78, 5) is 2.78. The zero-order valence-electron chi connectivity index (χ0n) is 17.3. The monoisotopic (exact) mass is 272 g/mol. The maximum Gasteiger partial charge on any atom is 0.0446 e. The topological polar surface area (TPSA) is 6.48 Å². The van der Waals surface area contributed by atoms with Gasteiger partial charge < -0.3 is 9.80 Å². The molecule has 0 bridgehead atoms. The van der Waals surface area contributed by atoms with E-state index in [2.05, 4.69) is 29.2 Å². The average molecular weight is 272 g/mol. The molecular weight excluding hydrogens is 244 g/mol. The lowest BCUT2D eigenvalue weighted by atomic mass is 9.95. The van der Waals surface area contributed by atoms with E-state index in [0.29, 0.717) is 17.9 Å². The lowest BCUT2D eigenvalue weighted by Crippen LogP contribution is -2.27. The number of nitrogens with zero attached hydrogens (tertiary/aromatic N) is 2. The molecule has 0 fully saturated rings. The lowest BCUT2D eigenvalue weighted by molar-refractivity contribution is 0.402. The van der Waals surface area contributed by atoms with Crippen molar-refractivity contribution in [1.29, 1.82) is 0 Å². The minimum absolute atomic E-state index is 0.0200. The van der Waals surface area contributed by atoms with Crippen LogP contribution >= 0.6 is 0 Å². The van der Waals surface area contributed by atoms with Gasteiger partial charge in [-0.05, 0) is 50.2 Å². The Morgan fingerprint density at radius 1 is 1.00 bits per heavy atom. The molecule has 0 N–H and O–H groups in total. The molecule has 2 aromatic rings. The normalized spacial score (nSPS) is 18.9. The molecule has 2 heteroatoms. The number of hydrogen-bond donors (Lipinski definition) is 0. The molecule has 0 saturated carbocycles. The Kier molecular flexibility index (Phi) is 2.23. The molecule has 1 heterocycles. The van der Waals surface area contributed by atoms with Gasteiger partial charge >= 0.3 is 0 Å². The molecular formula is C18H22N2. The van der Waals surface area contributed by atoms with Crippen molar-refractivity contribution in [2.75, 3.05) is 31.9 Å². The van der Waals surface area contributed by atoms with E-state index in [1.54, 1.807) is 0 Å². The van der Waals surface area contributed by atoms with Crippen molar-refractivity contribution < 1.29 is 8.22 Å². The molecule has 0 amide bonds. The highest BCUT2D eigenvalue weighted by Gasteiger charge is 2.21. The van der Waals surface area contributed by atoms with Crippen molar-refractivity contribution in [1.82, 2.24) is 4.90 Å². The fourth-order valence-electron chi connectivity index (χ4n) is 2.81. The highest BCUT2D eigenvalue weighted by molar-refractivity contribution is 5.74. The first-order valence-corrected chi connectivity index (χ1v) is 6.89. The van der Waals surface area contributed by atoms with Gasteiger partial charge in [0, 0.05) is 32.6 Å². The largest absolute Gasteiger partial charge is 0.341 e. The van der Waals surface area contributed by atoms with E-state index in [1.165, 1.54) is 11.1 Å². The van der Waals surface area contributed by atoms with E-state index < -0.39 is 14.0 Å². The van der Waals surface area contributed by atoms with Crippen LogP contribution in [0.4, 0.5) is 11.4 Å². The van der Waals surface area contributed by atoms with Gasteiger partial charge in [0.05, 0.1) is 0 Å². The molecule has 0 radical (unpaired) electrons. The molecule has 1 aliphatic rings. The van der Waals surface area contributed by atoms with Crippen LogP contribution < -0.4 is 4.90 Å². The molecule has 0 saturated heterocycles. The predicted octanol–water partition coefficient (Wildman–Crippen LogP) is 3.68. The summed E-state index contributed by atoms with van der Waals surface area (Å²) < 4.78 is 44.9. The lowest BCUT2D eigenvalue weighted by Gasteiger charge is -2.33. The van der Waals surface area contributed by atoms with Crippen LogP contribution in [0.1, 0.15) is 25.8 Å². The number of fused-ring (bicyclic) bond motifs is 2. The third-order valence-corrected chi connectivity index (χ3v) is 3.71. The molecule has 0 atom stereocenters. The summed E-state index contributed by atoms with van der Waals surface area (Å²) in [6.07, 6.45) is 1.29. The summed E-state index contributed by atoms with van der Waals surface area (Å²) in [6.45, 7) is -4.74. The van der Waals surface area contributed by atoms with E-state index in [0.717, 1.165) is 17.8 Å². The minimum atomic E-state index is -2.64. The summed E-state index contributed by atoms with van der Waals surface area (Å²) >= 11 is 0. The molecule has 1 aliphatic heterocycles. The molecule has 0 aliphatic carbocycles. The van der Waals surface area contributed by atoms with E-state index in [4.69, 9.17) is 8.22 Å². The SMILES string of the molecule is [2H]C([2H])([2H])N(CCCN1c2ccccc2Cc2ccccc21)C([2H])([2H])[2H]. The van der Waals surface area contributed by atoms with Crippen molar-refractivity contribution in [2.45, 2.75) is 12.8 Å². The fourth-order valence-corrected chi connectivity index (χ4v) is 2.81. The van der Waals surface area contributed by atoms with Gasteiger partial charge in [0.15, 0.2) is 0 Å². The van der Waals surface area contributed by atoms with Gasteiger partial charge in [0.2, 0.25) is 0 Å². The van der Waals surface area contributed by atoms with Crippen LogP contribution in [-0.4, -0.2) is 31.9 Å². The van der Waals surface area contributed by atoms with E-state index in [-0.39, 0.29) is 6.54 Å². The maximum absolute atomic E-state index is 7.49. The fraction of sp³-hybridized carbons (Fsp3) is 0.333. The zero-order chi connectivity index (χ0) is 18.9. The molecule has 2 nitrogen and oxygen atoms in total. The van der Waals surface area contributed by atoms with E-state index in [1.807, 2.05) is 24.3 Å². The Balaban J connectivity index is 1.80. The zero-order valence-corrected chi connectivity index (χ0v) is 11.3. The Bertz CT molecular complexity index is 709. The molecule has 3 rings (SSSR count). The van der Waals surface area contributed by atoms with E-state index in [9.17, 15) is 0 Å². The van der Waals surface area contributed by atoms with E-state index >= 15 is 0 Å². The number of benzene rings is 2. The van der Waals surface area contributed by atoms with Crippen molar-refractivity contribution in [3.63, 3.8) is 0 Å². The number of anilines is 2. The average Bonchev–Trinajstić information content (AvgIpc) is 2.55. The summed E-state index contributed by atoms with van der Waals surface area (Å²) in [6, 6.07) is 16.3. The van der Waals surface area contributed by atoms with Gasteiger partial charge in [0.1, 0.15) is 0 Å². The van der Waals surface area contributed by atoms with Gasteiger partial charge in [0.25, 0.3) is 0 Å². The van der Waals surface area contributed by atoms with Crippen molar-refractivity contribution in [2.24, 2.45) is 0 Å². The highest BCUT2D eigenvalue weighted by atomic mass is 15.2. The van der Waals surface area contributed by atoms with Crippen LogP contribution in [0, 0.1) is 0 Å². The minimum Gasteiger partial charge on any atom is -0.341 e. The second-order valence-electron chi connectivity index (χ2n) is 5.09. The first-order chi connectivity index (χ1) is 12.2. The third-order valence-electron chi connectivity index (χ3n) is 3.71. The van der Waals surface area contributed by atoms with Gasteiger partial charge in [-0.2, -0.15) is 0 Å². The molecule has 0 spiro atoms. The smallest absolute Gasteiger partial charge is 0.0446 e. The van der Waals surface area contributed by atoms with Crippen molar-refractivity contribution >= 4 is 11.4 Å². The summed E-state index contributed by atoms with van der Waals surface area (Å²) in [5, 5.41) is 0. The molecule has 0 aromatic heterocycles. The quantitative estimate of drug-likeness (QED) is 0.837.